The summed E-state index contributed by atoms with van der Waals surface area (Å²) in [5.41, 5.74) is 9.58. The van der Waals surface area contributed by atoms with Gasteiger partial charge in [-0.15, -0.1) is 17.7 Å². The Labute approximate surface area is 412 Å². The molecule has 1 heterocycles. The van der Waals surface area contributed by atoms with Crippen molar-refractivity contribution in [1.82, 2.24) is 0 Å². The largest absolute Gasteiger partial charge is 0.373 e. The first-order chi connectivity index (χ1) is 33.4. The summed E-state index contributed by atoms with van der Waals surface area (Å²) in [5.74, 6) is 13.3. The van der Waals surface area contributed by atoms with Crippen molar-refractivity contribution in [3.8, 4) is 45.9 Å². The molecule has 0 aliphatic carbocycles. The Bertz CT molecular complexity index is 2650. The Hall–Kier alpha value is -6.30. The van der Waals surface area contributed by atoms with Crippen molar-refractivity contribution in [2.45, 2.75) is 110 Å². The normalized spacial score (nSPS) is 11.9. The van der Waals surface area contributed by atoms with Gasteiger partial charge in [0.25, 0.3) is 0 Å². The predicted molar refractivity (Wildman–Crippen MR) is 295 cm³/mol. The second kappa shape index (κ2) is 30.2. The third-order valence-electron chi connectivity index (χ3n) is 11.1. The second-order valence-corrected chi connectivity index (χ2v) is 18.0. The van der Waals surface area contributed by atoms with Gasteiger partial charge in [-0.2, -0.15) is 0 Å². The number of para-hydroxylation sites is 2. The van der Waals surface area contributed by atoms with E-state index in [-0.39, 0.29) is 5.82 Å². The van der Waals surface area contributed by atoms with E-state index in [1.54, 1.807) is 0 Å². The number of unbranched alkanes of at least 4 members (excludes halogenated alkanes) is 6. The molecule has 1 N–H and O–H groups in total. The number of rotatable bonds is 16. The molecule has 1 aliphatic heterocycles. The predicted octanol–water partition coefficient (Wildman–Crippen LogP) is 18.6. The van der Waals surface area contributed by atoms with E-state index < -0.39 is 0 Å². The van der Waals surface area contributed by atoms with Gasteiger partial charge < -0.3 is 10.1 Å². The van der Waals surface area contributed by atoms with Crippen molar-refractivity contribution in [2.75, 3.05) is 17.7 Å². The molecule has 1 fully saturated rings. The maximum atomic E-state index is 15.1. The number of hydrogen-bond acceptors (Lipinski definition) is 3. The molecule has 4 heteroatoms. The first-order valence-corrected chi connectivity index (χ1v) is 25.6. The quantitative estimate of drug-likeness (QED) is 0.0452. The van der Waals surface area contributed by atoms with Gasteiger partial charge in [-0.05, 0) is 131 Å². The zero-order chi connectivity index (χ0) is 48.2. The Balaban J connectivity index is 0.000000278. The van der Waals surface area contributed by atoms with E-state index in [4.69, 9.17) is 4.74 Å². The van der Waals surface area contributed by atoms with Gasteiger partial charge in [-0.3, -0.25) is 0 Å². The van der Waals surface area contributed by atoms with Crippen LogP contribution in [0.5, 0.6) is 0 Å². The highest BCUT2D eigenvalue weighted by molar-refractivity contribution is 7.99. The van der Waals surface area contributed by atoms with Crippen LogP contribution in [-0.2, 0) is 4.74 Å². The van der Waals surface area contributed by atoms with Gasteiger partial charge in [0.1, 0.15) is 5.82 Å². The zero-order valence-electron chi connectivity index (χ0n) is 41.1. The lowest BCUT2D eigenvalue weighted by Gasteiger charge is -2.11. The molecular weight excluding hydrogens is 850 g/mol. The number of anilines is 2. The lowest BCUT2D eigenvalue weighted by Crippen LogP contribution is -1.88. The van der Waals surface area contributed by atoms with E-state index in [2.05, 4.69) is 112 Å². The van der Waals surface area contributed by atoms with Crippen LogP contribution >= 0.6 is 11.8 Å². The molecule has 0 aromatic heterocycles. The average molecular weight is 920 g/mol. The molecule has 0 spiro atoms. The molecule has 7 aromatic rings. The average Bonchev–Trinajstić information content (AvgIpc) is 4.21. The number of halogens is 1. The summed E-state index contributed by atoms with van der Waals surface area (Å²) < 4.78 is 20.2. The Kier molecular flexibility index (Phi) is 23.4. The molecule has 8 rings (SSSR count). The maximum absolute atomic E-state index is 15.1. The number of nitrogens with one attached hydrogen (secondary N) is 1. The number of benzene rings is 7. The summed E-state index contributed by atoms with van der Waals surface area (Å²) in [4.78, 5) is 1.23. The number of hydrogen-bond donors (Lipinski definition) is 1. The molecule has 68 heavy (non-hydrogen) atoms. The fraction of sp³-hybridized carbons (Fsp3) is 0.281. The van der Waals surface area contributed by atoms with E-state index in [0.717, 1.165) is 67.9 Å². The fourth-order valence-electron chi connectivity index (χ4n) is 7.44. The van der Waals surface area contributed by atoms with Gasteiger partial charge in [0.05, 0.1) is 12.7 Å². The van der Waals surface area contributed by atoms with E-state index in [9.17, 15) is 0 Å². The SMILES string of the molecule is C=Cc1c(-c2ccc(C#CC)cc2)ccc2cc(C#Cc3ccc(-c4ccc(SCCCCCC)cc4)c(F)c3)ccc12.CCC.CCCCCCC1CO1.c1ccc(Nc2ccccc2)cc1. The maximum Gasteiger partial charge on any atom is 0.132 e. The molecule has 7 aromatic carbocycles. The molecule has 0 radical (unpaired) electrons. The molecule has 1 aliphatic rings. The van der Waals surface area contributed by atoms with Crippen molar-refractivity contribution in [2.24, 2.45) is 0 Å². The van der Waals surface area contributed by atoms with Crippen LogP contribution in [0, 0.1) is 29.5 Å². The van der Waals surface area contributed by atoms with Crippen LogP contribution in [0.3, 0.4) is 0 Å². The third kappa shape index (κ3) is 18.1. The lowest BCUT2D eigenvalue weighted by atomic mass is 9.93. The van der Waals surface area contributed by atoms with E-state index in [0.29, 0.717) is 17.2 Å². The molecule has 1 unspecified atom stereocenters. The lowest BCUT2D eigenvalue weighted by molar-refractivity contribution is 0.388. The van der Waals surface area contributed by atoms with Crippen LogP contribution in [0.2, 0.25) is 0 Å². The molecule has 0 amide bonds. The highest BCUT2D eigenvalue weighted by atomic mass is 32.2. The Morgan fingerprint density at radius 1 is 0.618 bits per heavy atom. The third-order valence-corrected chi connectivity index (χ3v) is 12.2. The number of epoxide rings is 1. The van der Waals surface area contributed by atoms with Gasteiger partial charge in [0.2, 0.25) is 0 Å². The second-order valence-electron chi connectivity index (χ2n) is 16.9. The smallest absolute Gasteiger partial charge is 0.132 e. The highest BCUT2D eigenvalue weighted by Crippen LogP contribution is 2.32. The monoisotopic (exact) mass is 920 g/mol. The summed E-state index contributed by atoms with van der Waals surface area (Å²) >= 11 is 1.87. The summed E-state index contributed by atoms with van der Waals surface area (Å²) in [7, 11) is 0. The van der Waals surface area contributed by atoms with Crippen LogP contribution in [0.1, 0.15) is 121 Å². The minimum atomic E-state index is -0.261. The van der Waals surface area contributed by atoms with Crippen molar-refractivity contribution >= 4 is 40.0 Å². The van der Waals surface area contributed by atoms with Crippen molar-refractivity contribution in [3.05, 3.63) is 192 Å². The molecule has 0 bridgehead atoms. The van der Waals surface area contributed by atoms with Crippen LogP contribution in [-0.4, -0.2) is 18.5 Å². The number of fused-ring (bicyclic) bond motifs is 1. The fourth-order valence-corrected chi connectivity index (χ4v) is 8.36. The van der Waals surface area contributed by atoms with Gasteiger partial charge in [0.15, 0.2) is 0 Å². The summed E-state index contributed by atoms with van der Waals surface area (Å²) in [6.07, 6.45) is 15.7. The Morgan fingerprint density at radius 3 is 1.74 bits per heavy atom. The van der Waals surface area contributed by atoms with Crippen LogP contribution in [0.25, 0.3) is 39.1 Å². The van der Waals surface area contributed by atoms with Gasteiger partial charge in [-0.1, -0.05) is 194 Å². The van der Waals surface area contributed by atoms with Crippen molar-refractivity contribution < 1.29 is 9.13 Å². The van der Waals surface area contributed by atoms with E-state index in [1.807, 2.05) is 128 Å². The zero-order valence-corrected chi connectivity index (χ0v) is 41.9. The summed E-state index contributed by atoms with van der Waals surface area (Å²) in [6, 6.07) is 52.4. The van der Waals surface area contributed by atoms with Gasteiger partial charge >= 0.3 is 0 Å². The summed E-state index contributed by atoms with van der Waals surface area (Å²) in [6.45, 7) is 15.7. The molecule has 350 valence electrons. The van der Waals surface area contributed by atoms with Gasteiger partial charge in [0, 0.05) is 38.5 Å². The van der Waals surface area contributed by atoms with Crippen LogP contribution in [0.15, 0.2) is 169 Å². The first kappa shape index (κ1) is 52.7. The van der Waals surface area contributed by atoms with Crippen LogP contribution < -0.4 is 5.32 Å². The van der Waals surface area contributed by atoms with E-state index >= 15 is 4.39 Å². The highest BCUT2D eigenvalue weighted by Gasteiger charge is 2.20. The minimum absolute atomic E-state index is 0.261. The standard InChI is InChI=1S/C41H35FS.C12H11N.C8H16O.C3H8/c1-4-7-8-9-27-43-36-22-19-34(20-23-36)40-25-16-32(29-41(40)42)12-11-31-15-24-39-35(28-31)21-26-38(37(39)6-3)33-17-13-30(10-5-2)14-18-33;1-3-7-11(8-4-1)13-12-9-5-2-6-10-12;1-2-3-4-5-6-8-7-9-8;1-3-2/h6,13-26,28-29H,3-4,7-9,27H2,1-2H3;1-10,13H;8H,2-7H2,1H3;3H2,1-2H3. The topological polar surface area (TPSA) is 24.6 Å². The molecule has 0 saturated carbocycles. The van der Waals surface area contributed by atoms with E-state index in [1.165, 1.54) is 75.2 Å². The van der Waals surface area contributed by atoms with Crippen molar-refractivity contribution in [1.29, 1.82) is 0 Å². The number of thioether (sulfide) groups is 1. The molecule has 2 nitrogen and oxygen atoms in total. The first-order valence-electron chi connectivity index (χ1n) is 24.6. The molecule has 1 saturated heterocycles. The number of ether oxygens (including phenoxy) is 1. The molecule has 1 atom stereocenters. The Morgan fingerprint density at radius 2 is 1.16 bits per heavy atom. The molecular formula is C64H70FNOS. The van der Waals surface area contributed by atoms with Crippen molar-refractivity contribution in [3.63, 3.8) is 0 Å². The summed E-state index contributed by atoms with van der Waals surface area (Å²) in [5, 5.41) is 5.51. The van der Waals surface area contributed by atoms with Crippen LogP contribution in [0.4, 0.5) is 15.8 Å². The van der Waals surface area contributed by atoms with Gasteiger partial charge in [-0.25, -0.2) is 4.39 Å². The minimum Gasteiger partial charge on any atom is -0.373 e.